The van der Waals surface area contributed by atoms with Gasteiger partial charge in [-0.3, -0.25) is 15.0 Å². The summed E-state index contributed by atoms with van der Waals surface area (Å²) in [7, 11) is 0. The van der Waals surface area contributed by atoms with Crippen LogP contribution in [0.5, 0.6) is 0 Å². The Morgan fingerprint density at radius 2 is 1.60 bits per heavy atom. The van der Waals surface area contributed by atoms with Gasteiger partial charge in [-0.25, -0.2) is 5.01 Å². The Hall–Kier alpha value is -3.08. The van der Waals surface area contributed by atoms with Gasteiger partial charge < -0.3 is 5.11 Å². The third kappa shape index (κ3) is 5.21. The minimum Gasteiger partial charge on any atom is -0.481 e. The van der Waals surface area contributed by atoms with Crippen molar-refractivity contribution in [2.75, 3.05) is 10.4 Å². The third-order valence-electron chi connectivity index (χ3n) is 3.61. The average molecular weight is 338 g/mol. The predicted octanol–water partition coefficient (Wildman–Crippen LogP) is 4.10. The molecule has 0 aliphatic carbocycles. The van der Waals surface area contributed by atoms with Crippen molar-refractivity contribution in [3.63, 3.8) is 0 Å². The smallest absolute Gasteiger partial charge is 0.316 e. The van der Waals surface area contributed by atoms with Crippen LogP contribution in [0.3, 0.4) is 0 Å². The van der Waals surface area contributed by atoms with Gasteiger partial charge in [0.15, 0.2) is 0 Å². The second-order valence-electron chi connectivity index (χ2n) is 5.90. The number of para-hydroxylation sites is 2. The highest BCUT2D eigenvalue weighted by Gasteiger charge is 2.31. The molecule has 2 aromatic rings. The van der Waals surface area contributed by atoms with E-state index in [4.69, 9.17) is 0 Å². The van der Waals surface area contributed by atoms with Crippen molar-refractivity contribution in [1.82, 2.24) is 0 Å². The number of rotatable bonds is 7. The number of hydrogen-bond donors (Lipinski definition) is 2. The van der Waals surface area contributed by atoms with E-state index in [1.54, 1.807) is 30.3 Å². The fourth-order valence-corrected chi connectivity index (χ4v) is 2.28. The number of hydrogen-bond acceptors (Lipinski definition) is 3. The number of carbonyl (C=O) groups excluding carboxylic acids is 1. The Morgan fingerprint density at radius 1 is 1.04 bits per heavy atom. The Balaban J connectivity index is 2.34. The van der Waals surface area contributed by atoms with E-state index in [1.165, 1.54) is 5.01 Å². The summed E-state index contributed by atoms with van der Waals surface area (Å²) in [6.45, 7) is 3.75. The van der Waals surface area contributed by atoms with Crippen LogP contribution in [0, 0.1) is 5.92 Å². The molecule has 0 saturated heterocycles. The number of hydrazine groups is 1. The van der Waals surface area contributed by atoms with Crippen molar-refractivity contribution in [1.29, 1.82) is 0 Å². The van der Waals surface area contributed by atoms with Crippen molar-refractivity contribution in [3.05, 3.63) is 72.3 Å². The van der Waals surface area contributed by atoms with Crippen LogP contribution in [0.2, 0.25) is 0 Å². The first-order chi connectivity index (χ1) is 12.0. The molecule has 0 aliphatic heterocycles. The second-order valence-corrected chi connectivity index (χ2v) is 5.90. The number of aliphatic carboxylic acids is 1. The molecule has 2 N–H and O–H groups in total. The first-order valence-electron chi connectivity index (χ1n) is 8.06. The van der Waals surface area contributed by atoms with Gasteiger partial charge >= 0.3 is 5.97 Å². The monoisotopic (exact) mass is 338 g/mol. The Kier molecular flexibility index (Phi) is 6.34. The molecule has 0 aliphatic rings. The van der Waals surface area contributed by atoms with Gasteiger partial charge in [0.25, 0.3) is 5.91 Å². The maximum absolute atomic E-state index is 13.0. The molecular weight excluding hydrogens is 316 g/mol. The number of carboxylic acids is 1. The van der Waals surface area contributed by atoms with Crippen LogP contribution >= 0.6 is 0 Å². The van der Waals surface area contributed by atoms with Gasteiger partial charge in [-0.05, 0) is 44.5 Å². The molecule has 0 fully saturated rings. The fourth-order valence-electron chi connectivity index (χ4n) is 2.28. The van der Waals surface area contributed by atoms with Gasteiger partial charge in [-0.15, -0.1) is 0 Å². The molecule has 0 bridgehead atoms. The highest BCUT2D eigenvalue weighted by atomic mass is 16.4. The Morgan fingerprint density at radius 3 is 2.12 bits per heavy atom. The minimum absolute atomic E-state index is 0.149. The predicted molar refractivity (Wildman–Crippen MR) is 99.2 cm³/mol. The van der Waals surface area contributed by atoms with Crippen molar-refractivity contribution in [3.8, 4) is 0 Å². The topological polar surface area (TPSA) is 69.6 Å². The van der Waals surface area contributed by atoms with Gasteiger partial charge in [0, 0.05) is 0 Å². The molecule has 0 aromatic heterocycles. The van der Waals surface area contributed by atoms with Gasteiger partial charge in [0.1, 0.15) is 5.92 Å². The first kappa shape index (κ1) is 18.3. The van der Waals surface area contributed by atoms with Crippen LogP contribution < -0.4 is 10.4 Å². The van der Waals surface area contributed by atoms with Gasteiger partial charge in [-0.1, -0.05) is 48.0 Å². The molecule has 130 valence electrons. The highest BCUT2D eigenvalue weighted by Crippen LogP contribution is 2.21. The summed E-state index contributed by atoms with van der Waals surface area (Å²) in [4.78, 5) is 24.6. The van der Waals surface area contributed by atoms with Crippen LogP contribution in [0.4, 0.5) is 11.4 Å². The molecule has 5 heteroatoms. The lowest BCUT2D eigenvalue weighted by Crippen LogP contribution is -2.43. The summed E-state index contributed by atoms with van der Waals surface area (Å²) in [6.07, 6.45) is 1.92. The summed E-state index contributed by atoms with van der Waals surface area (Å²) < 4.78 is 0. The number of allylic oxidation sites excluding steroid dienone is 2. The molecule has 2 aromatic carbocycles. The molecule has 1 unspecified atom stereocenters. The van der Waals surface area contributed by atoms with Gasteiger partial charge in [0.05, 0.1) is 11.4 Å². The molecule has 5 nitrogen and oxygen atoms in total. The quantitative estimate of drug-likeness (QED) is 0.453. The van der Waals surface area contributed by atoms with Crippen LogP contribution in [0.25, 0.3) is 0 Å². The number of carbonyl (C=O) groups is 2. The van der Waals surface area contributed by atoms with Crippen molar-refractivity contribution < 1.29 is 14.7 Å². The lowest BCUT2D eigenvalue weighted by molar-refractivity contribution is -0.145. The Labute approximate surface area is 147 Å². The first-order valence-corrected chi connectivity index (χ1v) is 8.06. The molecule has 1 amide bonds. The maximum atomic E-state index is 13.0. The lowest BCUT2D eigenvalue weighted by Gasteiger charge is -2.27. The number of benzene rings is 2. The zero-order chi connectivity index (χ0) is 18.2. The van der Waals surface area contributed by atoms with E-state index in [0.29, 0.717) is 11.4 Å². The standard InChI is InChI=1S/C20H22N2O3/c1-15(2)13-14-18(20(24)25)19(23)22(17-11-7-4-8-12-17)21-16-9-5-3-6-10-16/h3-13,18,21H,14H2,1-2H3,(H,24,25). The maximum Gasteiger partial charge on any atom is 0.316 e. The van der Waals surface area contributed by atoms with E-state index in [9.17, 15) is 14.7 Å². The largest absolute Gasteiger partial charge is 0.481 e. The SMILES string of the molecule is CC(C)=CCC(C(=O)O)C(=O)N(Nc1ccccc1)c1ccccc1. The van der Waals surface area contributed by atoms with E-state index in [2.05, 4.69) is 5.43 Å². The molecule has 1 atom stereocenters. The normalized spacial score (nSPS) is 11.3. The molecular formula is C20H22N2O3. The van der Waals surface area contributed by atoms with Crippen LogP contribution in [-0.4, -0.2) is 17.0 Å². The number of amides is 1. The van der Waals surface area contributed by atoms with E-state index < -0.39 is 17.8 Å². The summed E-state index contributed by atoms with van der Waals surface area (Å²) in [5, 5.41) is 10.8. The number of nitrogens with zero attached hydrogens (tertiary/aromatic N) is 1. The zero-order valence-electron chi connectivity index (χ0n) is 14.3. The van der Waals surface area contributed by atoms with E-state index in [1.807, 2.05) is 50.2 Å². The molecule has 25 heavy (non-hydrogen) atoms. The second kappa shape index (κ2) is 8.68. The molecule has 0 saturated carbocycles. The van der Waals surface area contributed by atoms with Gasteiger partial charge in [-0.2, -0.15) is 0 Å². The molecule has 2 rings (SSSR count). The lowest BCUT2D eigenvalue weighted by atomic mass is 10.0. The Bertz CT molecular complexity index is 738. The van der Waals surface area contributed by atoms with Crippen LogP contribution in [0.15, 0.2) is 72.3 Å². The number of nitrogens with one attached hydrogen (secondary N) is 1. The highest BCUT2D eigenvalue weighted by molar-refractivity contribution is 6.06. The van der Waals surface area contributed by atoms with Crippen LogP contribution in [0.1, 0.15) is 20.3 Å². The molecule has 0 radical (unpaired) electrons. The molecule has 0 heterocycles. The summed E-state index contributed by atoms with van der Waals surface area (Å²) in [6, 6.07) is 18.1. The third-order valence-corrected chi connectivity index (χ3v) is 3.61. The zero-order valence-corrected chi connectivity index (χ0v) is 14.3. The summed E-state index contributed by atoms with van der Waals surface area (Å²) >= 11 is 0. The van der Waals surface area contributed by atoms with Crippen LogP contribution in [-0.2, 0) is 9.59 Å². The van der Waals surface area contributed by atoms with Crippen molar-refractivity contribution >= 4 is 23.3 Å². The minimum atomic E-state index is -1.16. The van der Waals surface area contributed by atoms with Crippen molar-refractivity contribution in [2.24, 2.45) is 5.92 Å². The van der Waals surface area contributed by atoms with Gasteiger partial charge in [0.2, 0.25) is 0 Å². The number of carboxylic acid groups (broad SMARTS) is 1. The number of anilines is 2. The van der Waals surface area contributed by atoms with Crippen molar-refractivity contribution in [2.45, 2.75) is 20.3 Å². The average Bonchev–Trinajstić information content (AvgIpc) is 2.60. The summed E-state index contributed by atoms with van der Waals surface area (Å²) in [5.74, 6) is -2.82. The van der Waals surface area contributed by atoms with E-state index >= 15 is 0 Å². The fraction of sp³-hybridized carbons (Fsp3) is 0.200. The molecule has 0 spiro atoms. The van der Waals surface area contributed by atoms with E-state index in [0.717, 1.165) is 5.57 Å². The summed E-state index contributed by atoms with van der Waals surface area (Å²) in [5.41, 5.74) is 5.27. The van der Waals surface area contributed by atoms with E-state index in [-0.39, 0.29) is 6.42 Å².